The topological polar surface area (TPSA) is 70.6 Å². The second-order valence-electron chi connectivity index (χ2n) is 5.63. The van der Waals surface area contributed by atoms with Crippen molar-refractivity contribution in [3.63, 3.8) is 0 Å². The number of hydrogen-bond acceptors (Lipinski definition) is 3. The largest absolute Gasteiger partial charge is 0.492 e. The van der Waals surface area contributed by atoms with Crippen molar-refractivity contribution in [2.24, 2.45) is 5.92 Å². The molecule has 1 aliphatic rings. The van der Waals surface area contributed by atoms with E-state index < -0.39 is 0 Å². The lowest BCUT2D eigenvalue weighted by atomic mass is 9.87. The molecule has 1 fully saturated rings. The Morgan fingerprint density at radius 1 is 1.27 bits per heavy atom. The van der Waals surface area contributed by atoms with Crippen LogP contribution in [0.1, 0.15) is 25.7 Å². The Bertz CT molecular complexity index is 467. The minimum absolute atomic E-state index is 0.195. The molecule has 1 aromatic rings. The zero-order chi connectivity index (χ0) is 15.8. The van der Waals surface area contributed by atoms with Gasteiger partial charge in [-0.1, -0.05) is 18.0 Å². The van der Waals surface area contributed by atoms with Gasteiger partial charge in [-0.3, -0.25) is 0 Å². The van der Waals surface area contributed by atoms with Crippen LogP contribution in [-0.2, 0) is 0 Å². The van der Waals surface area contributed by atoms with Crippen molar-refractivity contribution in [1.29, 1.82) is 0 Å². The molecule has 1 aliphatic carbocycles. The Labute approximate surface area is 136 Å². The van der Waals surface area contributed by atoms with Crippen LogP contribution in [0.3, 0.4) is 0 Å². The second-order valence-corrected chi connectivity index (χ2v) is 6.06. The zero-order valence-corrected chi connectivity index (χ0v) is 13.3. The molecule has 0 bridgehead atoms. The van der Waals surface area contributed by atoms with Crippen LogP contribution >= 0.6 is 11.6 Å². The minimum Gasteiger partial charge on any atom is -0.492 e. The van der Waals surface area contributed by atoms with Crippen molar-refractivity contribution in [2.75, 3.05) is 19.7 Å². The maximum Gasteiger partial charge on any atom is 0.314 e. The number of carbonyl (C=O) groups excluding carboxylic acids is 1. The first kappa shape index (κ1) is 16.9. The molecule has 1 saturated carbocycles. The number of amides is 2. The average Bonchev–Trinajstić information content (AvgIpc) is 2.51. The second kappa shape index (κ2) is 8.86. The summed E-state index contributed by atoms with van der Waals surface area (Å²) in [6.45, 7) is 1.44. The van der Waals surface area contributed by atoms with Crippen LogP contribution in [0, 0.1) is 5.92 Å². The molecule has 0 heterocycles. The Morgan fingerprint density at radius 2 is 2.05 bits per heavy atom. The molecule has 22 heavy (non-hydrogen) atoms. The van der Waals surface area contributed by atoms with E-state index in [-0.39, 0.29) is 12.1 Å². The average molecular weight is 327 g/mol. The highest BCUT2D eigenvalue weighted by atomic mass is 35.5. The van der Waals surface area contributed by atoms with Gasteiger partial charge in [0.25, 0.3) is 0 Å². The molecule has 2 amide bonds. The highest BCUT2D eigenvalue weighted by Gasteiger charge is 2.20. The van der Waals surface area contributed by atoms with Gasteiger partial charge < -0.3 is 20.5 Å². The minimum atomic E-state index is -0.212. The van der Waals surface area contributed by atoms with Crippen LogP contribution in [0.25, 0.3) is 0 Å². The number of ether oxygens (including phenoxy) is 1. The first-order chi connectivity index (χ1) is 10.6. The van der Waals surface area contributed by atoms with Gasteiger partial charge in [0.2, 0.25) is 0 Å². The number of halogens is 1. The van der Waals surface area contributed by atoms with Crippen LogP contribution in [-0.4, -0.2) is 36.9 Å². The number of urea groups is 1. The van der Waals surface area contributed by atoms with Gasteiger partial charge >= 0.3 is 6.03 Å². The van der Waals surface area contributed by atoms with Gasteiger partial charge in [-0.25, -0.2) is 4.79 Å². The van der Waals surface area contributed by atoms with E-state index in [0.29, 0.717) is 30.6 Å². The Kier molecular flexibility index (Phi) is 6.80. The van der Waals surface area contributed by atoms with Crippen LogP contribution in [0.5, 0.6) is 5.75 Å². The van der Waals surface area contributed by atoms with Crippen molar-refractivity contribution in [3.05, 3.63) is 29.3 Å². The van der Waals surface area contributed by atoms with Gasteiger partial charge in [-0.15, -0.1) is 0 Å². The molecule has 0 aliphatic heterocycles. The van der Waals surface area contributed by atoms with Crippen LogP contribution in [0.2, 0.25) is 5.02 Å². The molecule has 2 unspecified atom stereocenters. The number of hydrogen-bond donors (Lipinski definition) is 3. The van der Waals surface area contributed by atoms with E-state index in [1.54, 1.807) is 24.3 Å². The highest BCUT2D eigenvalue weighted by molar-refractivity contribution is 6.30. The lowest BCUT2D eigenvalue weighted by molar-refractivity contribution is 0.101. The molecule has 5 nitrogen and oxygen atoms in total. The van der Waals surface area contributed by atoms with E-state index in [9.17, 15) is 9.90 Å². The zero-order valence-electron chi connectivity index (χ0n) is 12.6. The van der Waals surface area contributed by atoms with Crippen molar-refractivity contribution in [2.45, 2.75) is 31.8 Å². The normalized spacial score (nSPS) is 21.2. The molecule has 1 aromatic carbocycles. The number of aliphatic hydroxyl groups is 1. The molecule has 0 saturated heterocycles. The highest BCUT2D eigenvalue weighted by Crippen LogP contribution is 2.23. The van der Waals surface area contributed by atoms with E-state index in [0.717, 1.165) is 31.4 Å². The summed E-state index contributed by atoms with van der Waals surface area (Å²) in [5, 5.41) is 15.9. The Balaban J connectivity index is 1.55. The molecule has 3 N–H and O–H groups in total. The maximum absolute atomic E-state index is 11.7. The quantitative estimate of drug-likeness (QED) is 0.704. The fraction of sp³-hybridized carbons (Fsp3) is 0.562. The number of aliphatic hydroxyl groups excluding tert-OH is 1. The van der Waals surface area contributed by atoms with E-state index in [1.807, 2.05) is 0 Å². The number of rotatable bonds is 6. The summed E-state index contributed by atoms with van der Waals surface area (Å²) in [5.41, 5.74) is 0. The standard InChI is InChI=1S/C16H23ClN2O3/c17-13-4-6-15(7-5-13)22-9-8-18-16(21)19-11-12-2-1-3-14(20)10-12/h4-7,12,14,20H,1-3,8-11H2,(H2,18,19,21). The summed E-state index contributed by atoms with van der Waals surface area (Å²) in [4.78, 5) is 11.7. The summed E-state index contributed by atoms with van der Waals surface area (Å²) in [5.74, 6) is 1.10. The molecule has 0 aromatic heterocycles. The first-order valence-corrected chi connectivity index (χ1v) is 8.09. The van der Waals surface area contributed by atoms with E-state index in [4.69, 9.17) is 16.3 Å². The molecular formula is C16H23ClN2O3. The predicted octanol–water partition coefficient (Wildman–Crippen LogP) is 2.57. The smallest absolute Gasteiger partial charge is 0.314 e. The van der Waals surface area contributed by atoms with Gasteiger partial charge in [-0.05, 0) is 49.4 Å². The third-order valence-corrected chi connectivity index (χ3v) is 4.03. The Hall–Kier alpha value is -1.46. The fourth-order valence-corrected chi connectivity index (χ4v) is 2.74. The predicted molar refractivity (Wildman–Crippen MR) is 86.3 cm³/mol. The van der Waals surface area contributed by atoms with Crippen LogP contribution in [0.15, 0.2) is 24.3 Å². The third kappa shape index (κ3) is 6.12. The lowest BCUT2D eigenvalue weighted by Gasteiger charge is -2.25. The van der Waals surface area contributed by atoms with E-state index >= 15 is 0 Å². The van der Waals surface area contributed by atoms with Gasteiger partial charge in [0.1, 0.15) is 12.4 Å². The van der Waals surface area contributed by atoms with Gasteiger partial charge in [0, 0.05) is 11.6 Å². The molecule has 2 rings (SSSR count). The van der Waals surface area contributed by atoms with Gasteiger partial charge in [0.05, 0.1) is 12.6 Å². The van der Waals surface area contributed by atoms with Crippen molar-refractivity contribution >= 4 is 17.6 Å². The first-order valence-electron chi connectivity index (χ1n) is 7.71. The number of benzene rings is 1. The van der Waals surface area contributed by atoms with E-state index in [2.05, 4.69) is 10.6 Å². The van der Waals surface area contributed by atoms with Crippen LogP contribution in [0.4, 0.5) is 4.79 Å². The lowest BCUT2D eigenvalue weighted by Crippen LogP contribution is -2.41. The monoisotopic (exact) mass is 326 g/mol. The summed E-state index contributed by atoms with van der Waals surface area (Å²) in [6, 6.07) is 6.90. The fourth-order valence-electron chi connectivity index (χ4n) is 2.61. The third-order valence-electron chi connectivity index (χ3n) is 3.78. The number of carbonyl (C=O) groups is 1. The Morgan fingerprint density at radius 3 is 2.77 bits per heavy atom. The summed E-state index contributed by atoms with van der Waals surface area (Å²) in [7, 11) is 0. The summed E-state index contributed by atoms with van der Waals surface area (Å²) >= 11 is 5.79. The van der Waals surface area contributed by atoms with Crippen molar-refractivity contribution in [3.8, 4) is 5.75 Å². The molecule has 122 valence electrons. The van der Waals surface area contributed by atoms with Crippen molar-refractivity contribution < 1.29 is 14.6 Å². The number of nitrogens with one attached hydrogen (secondary N) is 2. The summed E-state index contributed by atoms with van der Waals surface area (Å²) in [6.07, 6.45) is 3.54. The van der Waals surface area contributed by atoms with Crippen LogP contribution < -0.4 is 15.4 Å². The SMILES string of the molecule is O=C(NCCOc1ccc(Cl)cc1)NCC1CCCC(O)C1. The molecule has 6 heteroatoms. The van der Waals surface area contributed by atoms with E-state index in [1.165, 1.54) is 0 Å². The molecule has 0 spiro atoms. The summed E-state index contributed by atoms with van der Waals surface area (Å²) < 4.78 is 5.49. The molecular weight excluding hydrogens is 304 g/mol. The maximum atomic E-state index is 11.7. The molecule has 0 radical (unpaired) electrons. The van der Waals surface area contributed by atoms with Gasteiger partial charge in [0.15, 0.2) is 0 Å². The van der Waals surface area contributed by atoms with Gasteiger partial charge in [-0.2, -0.15) is 0 Å². The molecule has 2 atom stereocenters. The van der Waals surface area contributed by atoms with Crippen molar-refractivity contribution in [1.82, 2.24) is 10.6 Å².